The number of hydrogen-bond donors (Lipinski definition) is 2. The summed E-state index contributed by atoms with van der Waals surface area (Å²) in [7, 11) is 3.30. The van der Waals surface area contributed by atoms with Gasteiger partial charge < -0.3 is 20.1 Å². The van der Waals surface area contributed by atoms with Gasteiger partial charge in [-0.1, -0.05) is 18.2 Å². The SMILES string of the molecule is COc1ccc(CNC(=S)Nc2cc(C)ccc2OC)cc1. The molecule has 5 heteroatoms. The number of aryl methyl sites for hydroxylation is 1. The van der Waals surface area contributed by atoms with Gasteiger partial charge in [-0.05, 0) is 54.5 Å². The average molecular weight is 316 g/mol. The molecule has 2 aromatic carbocycles. The number of thiocarbonyl (C=S) groups is 1. The summed E-state index contributed by atoms with van der Waals surface area (Å²) in [6, 6.07) is 13.8. The van der Waals surface area contributed by atoms with E-state index in [2.05, 4.69) is 10.6 Å². The Morgan fingerprint density at radius 2 is 1.77 bits per heavy atom. The first-order valence-corrected chi connectivity index (χ1v) is 7.35. The summed E-state index contributed by atoms with van der Waals surface area (Å²) in [5, 5.41) is 6.90. The first kappa shape index (κ1) is 16.1. The maximum atomic E-state index is 5.33. The van der Waals surface area contributed by atoms with E-state index >= 15 is 0 Å². The molecular weight excluding hydrogens is 296 g/mol. The summed E-state index contributed by atoms with van der Waals surface area (Å²) in [5.41, 5.74) is 3.12. The van der Waals surface area contributed by atoms with Crippen LogP contribution < -0.4 is 20.1 Å². The highest BCUT2D eigenvalue weighted by Crippen LogP contribution is 2.25. The van der Waals surface area contributed by atoms with Crippen LogP contribution in [0.4, 0.5) is 5.69 Å². The van der Waals surface area contributed by atoms with Crippen molar-refractivity contribution in [2.75, 3.05) is 19.5 Å². The summed E-state index contributed by atoms with van der Waals surface area (Å²) in [5.74, 6) is 1.60. The first-order chi connectivity index (χ1) is 10.6. The van der Waals surface area contributed by atoms with Gasteiger partial charge in [0.2, 0.25) is 0 Å². The molecule has 2 rings (SSSR count). The zero-order chi connectivity index (χ0) is 15.9. The minimum absolute atomic E-state index is 0.555. The van der Waals surface area contributed by atoms with E-state index in [1.807, 2.05) is 49.4 Å². The molecule has 0 aliphatic carbocycles. The van der Waals surface area contributed by atoms with Crippen molar-refractivity contribution in [3.05, 3.63) is 53.6 Å². The fourth-order valence-corrected chi connectivity index (χ4v) is 2.19. The number of benzene rings is 2. The van der Waals surface area contributed by atoms with E-state index in [1.54, 1.807) is 14.2 Å². The summed E-state index contributed by atoms with van der Waals surface area (Å²) >= 11 is 5.33. The molecule has 0 aromatic heterocycles. The lowest BCUT2D eigenvalue weighted by molar-refractivity contribution is 0.414. The summed E-state index contributed by atoms with van der Waals surface area (Å²) < 4.78 is 10.5. The van der Waals surface area contributed by atoms with Crippen molar-refractivity contribution >= 4 is 23.0 Å². The molecule has 0 radical (unpaired) electrons. The number of ether oxygens (including phenoxy) is 2. The van der Waals surface area contributed by atoms with E-state index in [4.69, 9.17) is 21.7 Å². The van der Waals surface area contributed by atoms with Gasteiger partial charge in [-0.3, -0.25) is 0 Å². The molecule has 22 heavy (non-hydrogen) atoms. The Balaban J connectivity index is 1.94. The van der Waals surface area contributed by atoms with Crippen LogP contribution in [0.2, 0.25) is 0 Å². The van der Waals surface area contributed by atoms with Crippen molar-refractivity contribution in [2.24, 2.45) is 0 Å². The number of nitrogens with one attached hydrogen (secondary N) is 2. The summed E-state index contributed by atoms with van der Waals surface area (Å²) in [6.07, 6.45) is 0. The Labute approximate surface area is 136 Å². The zero-order valence-corrected chi connectivity index (χ0v) is 13.8. The van der Waals surface area contributed by atoms with E-state index < -0.39 is 0 Å². The molecule has 0 saturated carbocycles. The lowest BCUT2D eigenvalue weighted by Gasteiger charge is -2.14. The van der Waals surface area contributed by atoms with Crippen molar-refractivity contribution in [3.63, 3.8) is 0 Å². The predicted octanol–water partition coefficient (Wildman–Crippen LogP) is 3.50. The van der Waals surface area contributed by atoms with Crippen LogP contribution in [0.3, 0.4) is 0 Å². The molecule has 0 bridgehead atoms. The molecule has 0 aliphatic heterocycles. The van der Waals surface area contributed by atoms with Gasteiger partial charge >= 0.3 is 0 Å². The van der Waals surface area contributed by atoms with Crippen LogP contribution in [0.15, 0.2) is 42.5 Å². The van der Waals surface area contributed by atoms with E-state index in [9.17, 15) is 0 Å². The van der Waals surface area contributed by atoms with Crippen molar-refractivity contribution in [1.82, 2.24) is 5.32 Å². The molecule has 0 amide bonds. The topological polar surface area (TPSA) is 42.5 Å². The van der Waals surface area contributed by atoms with Crippen LogP contribution >= 0.6 is 12.2 Å². The van der Waals surface area contributed by atoms with Gasteiger partial charge in [-0.25, -0.2) is 0 Å². The highest BCUT2D eigenvalue weighted by Gasteiger charge is 2.05. The van der Waals surface area contributed by atoms with Gasteiger partial charge in [-0.15, -0.1) is 0 Å². The molecule has 0 fully saturated rings. The third kappa shape index (κ3) is 4.36. The molecule has 0 aliphatic rings. The second-order valence-electron chi connectivity index (χ2n) is 4.86. The first-order valence-electron chi connectivity index (χ1n) is 6.95. The molecule has 0 spiro atoms. The number of anilines is 1. The standard InChI is InChI=1S/C17H20N2O2S/c1-12-4-9-16(21-3)15(10-12)19-17(22)18-11-13-5-7-14(20-2)8-6-13/h4-10H,11H2,1-3H3,(H2,18,19,22). The maximum Gasteiger partial charge on any atom is 0.171 e. The summed E-state index contributed by atoms with van der Waals surface area (Å²) in [4.78, 5) is 0. The fraction of sp³-hybridized carbons (Fsp3) is 0.235. The third-order valence-corrected chi connectivity index (χ3v) is 3.46. The molecule has 0 atom stereocenters. The highest BCUT2D eigenvalue weighted by molar-refractivity contribution is 7.80. The molecule has 0 heterocycles. The quantitative estimate of drug-likeness (QED) is 0.827. The van der Waals surface area contributed by atoms with Crippen molar-refractivity contribution in [3.8, 4) is 11.5 Å². The monoisotopic (exact) mass is 316 g/mol. The molecule has 116 valence electrons. The smallest absolute Gasteiger partial charge is 0.171 e. The van der Waals surface area contributed by atoms with Gasteiger partial charge in [-0.2, -0.15) is 0 Å². The van der Waals surface area contributed by atoms with E-state index in [0.717, 1.165) is 28.3 Å². The minimum atomic E-state index is 0.555. The largest absolute Gasteiger partial charge is 0.497 e. The van der Waals surface area contributed by atoms with Crippen LogP contribution in [-0.4, -0.2) is 19.3 Å². The molecule has 0 saturated heterocycles. The number of rotatable bonds is 5. The van der Waals surface area contributed by atoms with Crippen molar-refractivity contribution < 1.29 is 9.47 Å². The maximum absolute atomic E-state index is 5.33. The molecular formula is C17H20N2O2S. The van der Waals surface area contributed by atoms with Crippen molar-refractivity contribution in [2.45, 2.75) is 13.5 Å². The van der Waals surface area contributed by atoms with Crippen LogP contribution in [0.5, 0.6) is 11.5 Å². The van der Waals surface area contributed by atoms with Crippen LogP contribution in [0, 0.1) is 6.92 Å². The second kappa shape index (κ2) is 7.66. The normalized spacial score (nSPS) is 9.95. The number of hydrogen-bond acceptors (Lipinski definition) is 3. The van der Waals surface area contributed by atoms with Crippen LogP contribution in [0.1, 0.15) is 11.1 Å². The Kier molecular flexibility index (Phi) is 5.61. The fourth-order valence-electron chi connectivity index (χ4n) is 2.01. The molecule has 2 N–H and O–H groups in total. The lowest BCUT2D eigenvalue weighted by Crippen LogP contribution is -2.28. The van der Waals surface area contributed by atoms with Crippen molar-refractivity contribution in [1.29, 1.82) is 0 Å². The average Bonchev–Trinajstić information content (AvgIpc) is 2.53. The second-order valence-corrected chi connectivity index (χ2v) is 5.27. The third-order valence-electron chi connectivity index (χ3n) is 3.22. The predicted molar refractivity (Wildman–Crippen MR) is 93.8 cm³/mol. The Morgan fingerprint density at radius 3 is 2.41 bits per heavy atom. The lowest BCUT2D eigenvalue weighted by atomic mass is 10.2. The van der Waals surface area contributed by atoms with E-state index in [-0.39, 0.29) is 0 Å². The van der Waals surface area contributed by atoms with Gasteiger partial charge in [0.25, 0.3) is 0 Å². The molecule has 2 aromatic rings. The van der Waals surface area contributed by atoms with Crippen LogP contribution in [-0.2, 0) is 6.54 Å². The van der Waals surface area contributed by atoms with Crippen LogP contribution in [0.25, 0.3) is 0 Å². The minimum Gasteiger partial charge on any atom is -0.497 e. The van der Waals surface area contributed by atoms with Gasteiger partial charge in [0.15, 0.2) is 5.11 Å². The molecule has 0 unspecified atom stereocenters. The Hall–Kier alpha value is -2.27. The zero-order valence-electron chi connectivity index (χ0n) is 13.0. The number of methoxy groups -OCH3 is 2. The van der Waals surface area contributed by atoms with E-state index in [0.29, 0.717) is 11.7 Å². The van der Waals surface area contributed by atoms with Gasteiger partial charge in [0.05, 0.1) is 19.9 Å². The highest BCUT2D eigenvalue weighted by atomic mass is 32.1. The van der Waals surface area contributed by atoms with Gasteiger partial charge in [0, 0.05) is 6.54 Å². The van der Waals surface area contributed by atoms with E-state index in [1.165, 1.54) is 0 Å². The molecule has 4 nitrogen and oxygen atoms in total. The summed E-state index contributed by atoms with van der Waals surface area (Å²) in [6.45, 7) is 2.67. The Bertz CT molecular complexity index is 642. The van der Waals surface area contributed by atoms with Gasteiger partial charge in [0.1, 0.15) is 11.5 Å². The Morgan fingerprint density at radius 1 is 1.05 bits per heavy atom.